The predicted octanol–water partition coefficient (Wildman–Crippen LogP) is -0.860. The van der Waals surface area contributed by atoms with Gasteiger partial charge in [0.15, 0.2) is 5.69 Å². The highest BCUT2D eigenvalue weighted by atomic mass is 16.2. The SMILES string of the molecule is CNC(=O)CNC(=O)c1ncccc1N. The minimum Gasteiger partial charge on any atom is -0.397 e. The van der Waals surface area contributed by atoms with Crippen molar-refractivity contribution in [3.05, 3.63) is 24.0 Å². The Labute approximate surface area is 86.9 Å². The molecule has 0 aliphatic heterocycles. The summed E-state index contributed by atoms with van der Waals surface area (Å²) in [6.07, 6.45) is 1.46. The highest BCUT2D eigenvalue weighted by Crippen LogP contribution is 2.05. The molecule has 0 fully saturated rings. The monoisotopic (exact) mass is 208 g/mol. The van der Waals surface area contributed by atoms with Gasteiger partial charge < -0.3 is 16.4 Å². The van der Waals surface area contributed by atoms with Crippen molar-refractivity contribution >= 4 is 17.5 Å². The molecule has 80 valence electrons. The average molecular weight is 208 g/mol. The molecule has 0 radical (unpaired) electrons. The molecule has 15 heavy (non-hydrogen) atoms. The van der Waals surface area contributed by atoms with E-state index in [1.807, 2.05) is 0 Å². The zero-order valence-electron chi connectivity index (χ0n) is 8.28. The topological polar surface area (TPSA) is 97.1 Å². The summed E-state index contributed by atoms with van der Waals surface area (Å²) in [5, 5.41) is 4.78. The Morgan fingerprint density at radius 2 is 2.27 bits per heavy atom. The lowest BCUT2D eigenvalue weighted by molar-refractivity contribution is -0.119. The smallest absolute Gasteiger partial charge is 0.272 e. The standard InChI is InChI=1S/C9H12N4O2/c1-11-7(14)5-13-9(15)8-6(10)3-2-4-12-8/h2-4H,5,10H2,1H3,(H,11,14)(H,13,15). The maximum absolute atomic E-state index is 11.5. The Balaban J connectivity index is 2.62. The number of nitrogen functional groups attached to an aromatic ring is 1. The normalized spacial score (nSPS) is 9.40. The first-order chi connectivity index (χ1) is 7.15. The van der Waals surface area contributed by atoms with Gasteiger partial charge >= 0.3 is 0 Å². The Morgan fingerprint density at radius 1 is 1.53 bits per heavy atom. The lowest BCUT2D eigenvalue weighted by Gasteiger charge is -2.05. The van der Waals surface area contributed by atoms with Gasteiger partial charge in [0.1, 0.15) is 0 Å². The lowest BCUT2D eigenvalue weighted by atomic mass is 10.3. The zero-order chi connectivity index (χ0) is 11.3. The van der Waals surface area contributed by atoms with Crippen LogP contribution in [0.3, 0.4) is 0 Å². The number of hydrogen-bond donors (Lipinski definition) is 3. The molecule has 0 saturated carbocycles. The molecule has 0 bridgehead atoms. The molecule has 0 saturated heterocycles. The van der Waals surface area contributed by atoms with Crippen LogP contribution in [0.5, 0.6) is 0 Å². The molecule has 0 aliphatic rings. The molecule has 6 nitrogen and oxygen atoms in total. The highest BCUT2D eigenvalue weighted by molar-refractivity contribution is 5.98. The van der Waals surface area contributed by atoms with E-state index in [4.69, 9.17) is 5.73 Å². The van der Waals surface area contributed by atoms with Crippen molar-refractivity contribution in [2.45, 2.75) is 0 Å². The van der Waals surface area contributed by atoms with E-state index in [9.17, 15) is 9.59 Å². The van der Waals surface area contributed by atoms with Crippen molar-refractivity contribution in [2.24, 2.45) is 0 Å². The summed E-state index contributed by atoms with van der Waals surface area (Å²) in [4.78, 5) is 26.1. The van der Waals surface area contributed by atoms with Crippen molar-refractivity contribution in [1.82, 2.24) is 15.6 Å². The molecular weight excluding hydrogens is 196 g/mol. The van der Waals surface area contributed by atoms with Gasteiger partial charge in [-0.25, -0.2) is 4.98 Å². The summed E-state index contributed by atoms with van der Waals surface area (Å²) in [5.41, 5.74) is 5.95. The molecule has 1 aromatic heterocycles. The van der Waals surface area contributed by atoms with Gasteiger partial charge in [0, 0.05) is 13.2 Å². The van der Waals surface area contributed by atoms with Crippen LogP contribution in [-0.2, 0) is 4.79 Å². The number of anilines is 1. The van der Waals surface area contributed by atoms with Crippen LogP contribution in [-0.4, -0.2) is 30.4 Å². The number of nitrogens with two attached hydrogens (primary N) is 1. The summed E-state index contributed by atoms with van der Waals surface area (Å²) in [5.74, 6) is -0.741. The summed E-state index contributed by atoms with van der Waals surface area (Å²) in [7, 11) is 1.49. The fourth-order valence-electron chi connectivity index (χ4n) is 0.940. The van der Waals surface area contributed by atoms with Crippen molar-refractivity contribution in [1.29, 1.82) is 0 Å². The quantitative estimate of drug-likeness (QED) is 0.602. The number of pyridine rings is 1. The number of nitrogens with zero attached hydrogens (tertiary/aromatic N) is 1. The van der Waals surface area contributed by atoms with E-state index in [0.29, 0.717) is 0 Å². The van der Waals surface area contributed by atoms with Crippen molar-refractivity contribution < 1.29 is 9.59 Å². The van der Waals surface area contributed by atoms with E-state index >= 15 is 0 Å². The number of hydrogen-bond acceptors (Lipinski definition) is 4. The third-order valence-electron chi connectivity index (χ3n) is 1.74. The second-order valence-electron chi connectivity index (χ2n) is 2.80. The maximum atomic E-state index is 11.5. The maximum Gasteiger partial charge on any atom is 0.272 e. The molecule has 0 spiro atoms. The van der Waals surface area contributed by atoms with Gasteiger partial charge in [-0.15, -0.1) is 0 Å². The number of amides is 2. The number of carbonyl (C=O) groups excluding carboxylic acids is 2. The highest BCUT2D eigenvalue weighted by Gasteiger charge is 2.10. The Hall–Kier alpha value is -2.11. The molecular formula is C9H12N4O2. The predicted molar refractivity (Wildman–Crippen MR) is 55.0 cm³/mol. The van der Waals surface area contributed by atoms with Gasteiger partial charge in [0.05, 0.1) is 12.2 Å². The Kier molecular flexibility index (Phi) is 3.61. The minimum absolute atomic E-state index is 0.0919. The fraction of sp³-hybridized carbons (Fsp3) is 0.222. The number of likely N-dealkylation sites (N-methyl/N-ethyl adjacent to an activating group) is 1. The molecule has 6 heteroatoms. The molecule has 1 heterocycles. The fourth-order valence-corrected chi connectivity index (χ4v) is 0.940. The molecule has 4 N–H and O–H groups in total. The second kappa shape index (κ2) is 4.94. The first kappa shape index (κ1) is 11.0. The van der Waals surface area contributed by atoms with Crippen LogP contribution < -0.4 is 16.4 Å². The largest absolute Gasteiger partial charge is 0.397 e. The number of carbonyl (C=O) groups is 2. The van der Waals surface area contributed by atoms with Gasteiger partial charge in [-0.05, 0) is 12.1 Å². The Morgan fingerprint density at radius 3 is 2.87 bits per heavy atom. The molecule has 0 unspecified atom stereocenters. The van der Waals surface area contributed by atoms with Crippen LogP contribution in [0.4, 0.5) is 5.69 Å². The molecule has 1 aromatic rings. The molecule has 1 rings (SSSR count). The van der Waals surface area contributed by atoms with Crippen LogP contribution in [0.1, 0.15) is 10.5 Å². The van der Waals surface area contributed by atoms with Crippen LogP contribution in [0.2, 0.25) is 0 Å². The number of nitrogens with one attached hydrogen (secondary N) is 2. The van der Waals surface area contributed by atoms with E-state index in [-0.39, 0.29) is 23.8 Å². The van der Waals surface area contributed by atoms with E-state index in [0.717, 1.165) is 0 Å². The van der Waals surface area contributed by atoms with E-state index < -0.39 is 5.91 Å². The third-order valence-corrected chi connectivity index (χ3v) is 1.74. The van der Waals surface area contributed by atoms with Crippen LogP contribution >= 0.6 is 0 Å². The first-order valence-electron chi connectivity index (χ1n) is 4.34. The van der Waals surface area contributed by atoms with Crippen LogP contribution in [0.15, 0.2) is 18.3 Å². The minimum atomic E-state index is -0.461. The average Bonchev–Trinajstić information content (AvgIpc) is 2.26. The summed E-state index contributed by atoms with van der Waals surface area (Å²) < 4.78 is 0. The van der Waals surface area contributed by atoms with Gasteiger partial charge in [0.25, 0.3) is 5.91 Å². The first-order valence-corrected chi connectivity index (χ1v) is 4.34. The van der Waals surface area contributed by atoms with Gasteiger partial charge in [-0.1, -0.05) is 0 Å². The Bertz CT molecular complexity index is 378. The number of aromatic nitrogens is 1. The van der Waals surface area contributed by atoms with Crippen LogP contribution in [0, 0.1) is 0 Å². The van der Waals surface area contributed by atoms with Crippen molar-refractivity contribution in [3.63, 3.8) is 0 Å². The van der Waals surface area contributed by atoms with Crippen molar-refractivity contribution in [3.8, 4) is 0 Å². The molecule has 0 aliphatic carbocycles. The summed E-state index contributed by atoms with van der Waals surface area (Å²) in [6.45, 7) is -0.0919. The van der Waals surface area contributed by atoms with Gasteiger partial charge in [-0.3, -0.25) is 9.59 Å². The molecule has 0 atom stereocenters. The van der Waals surface area contributed by atoms with Crippen LogP contribution in [0.25, 0.3) is 0 Å². The number of rotatable bonds is 3. The summed E-state index contributed by atoms with van der Waals surface area (Å²) >= 11 is 0. The lowest BCUT2D eigenvalue weighted by Crippen LogP contribution is -2.35. The van der Waals surface area contributed by atoms with E-state index in [1.165, 1.54) is 13.2 Å². The van der Waals surface area contributed by atoms with Crippen molar-refractivity contribution in [2.75, 3.05) is 19.3 Å². The van der Waals surface area contributed by atoms with E-state index in [1.54, 1.807) is 12.1 Å². The molecule has 0 aromatic carbocycles. The zero-order valence-corrected chi connectivity index (χ0v) is 8.28. The van der Waals surface area contributed by atoms with Gasteiger partial charge in [0.2, 0.25) is 5.91 Å². The molecule has 2 amide bonds. The van der Waals surface area contributed by atoms with E-state index in [2.05, 4.69) is 15.6 Å². The second-order valence-corrected chi connectivity index (χ2v) is 2.80. The van der Waals surface area contributed by atoms with Gasteiger partial charge in [-0.2, -0.15) is 0 Å². The summed E-state index contributed by atoms with van der Waals surface area (Å²) in [6, 6.07) is 3.20. The third kappa shape index (κ3) is 2.94.